The highest BCUT2D eigenvalue weighted by molar-refractivity contribution is 5.37. The number of rotatable bonds is 6. The summed E-state index contributed by atoms with van der Waals surface area (Å²) in [6.07, 6.45) is 3.73. The number of nitrogens with zero attached hydrogens (tertiary/aromatic N) is 1. The predicted octanol–water partition coefficient (Wildman–Crippen LogP) is 3.55. The van der Waals surface area contributed by atoms with Crippen molar-refractivity contribution in [2.45, 2.75) is 52.1 Å². The van der Waals surface area contributed by atoms with Crippen molar-refractivity contribution >= 4 is 0 Å². The van der Waals surface area contributed by atoms with E-state index in [4.69, 9.17) is 0 Å². The third-order valence-corrected chi connectivity index (χ3v) is 4.45. The highest BCUT2D eigenvalue weighted by Gasteiger charge is 2.23. The Morgan fingerprint density at radius 2 is 2.05 bits per heavy atom. The molecule has 0 saturated carbocycles. The molecule has 0 radical (unpaired) electrons. The molecule has 0 heterocycles. The van der Waals surface area contributed by atoms with Gasteiger partial charge in [0.15, 0.2) is 0 Å². The van der Waals surface area contributed by atoms with Crippen LogP contribution in [0.4, 0.5) is 0 Å². The number of benzene rings is 1. The Morgan fingerprint density at radius 3 is 2.70 bits per heavy atom. The summed E-state index contributed by atoms with van der Waals surface area (Å²) in [7, 11) is 4.39. The molecule has 0 bridgehead atoms. The average Bonchev–Trinajstić information content (AvgIpc) is 2.76. The van der Waals surface area contributed by atoms with E-state index in [1.165, 1.54) is 30.4 Å². The van der Waals surface area contributed by atoms with E-state index in [2.05, 4.69) is 63.3 Å². The normalized spacial score (nSPS) is 19.6. The molecule has 0 fully saturated rings. The molecule has 1 aliphatic carbocycles. The lowest BCUT2D eigenvalue weighted by Crippen LogP contribution is -2.39. The van der Waals surface area contributed by atoms with Crippen molar-refractivity contribution in [1.29, 1.82) is 0 Å². The second-order valence-corrected chi connectivity index (χ2v) is 6.95. The zero-order valence-corrected chi connectivity index (χ0v) is 13.7. The third kappa shape index (κ3) is 3.83. The van der Waals surface area contributed by atoms with Crippen LogP contribution in [0.1, 0.15) is 49.4 Å². The van der Waals surface area contributed by atoms with Crippen LogP contribution in [0.5, 0.6) is 0 Å². The fourth-order valence-corrected chi connectivity index (χ4v) is 3.23. The van der Waals surface area contributed by atoms with Gasteiger partial charge in [-0.25, -0.2) is 0 Å². The van der Waals surface area contributed by atoms with Crippen molar-refractivity contribution in [3.63, 3.8) is 0 Å². The van der Waals surface area contributed by atoms with Crippen LogP contribution >= 0.6 is 0 Å². The molecule has 2 nitrogen and oxygen atoms in total. The second kappa shape index (κ2) is 6.73. The first kappa shape index (κ1) is 15.5. The zero-order chi connectivity index (χ0) is 14.7. The largest absolute Gasteiger partial charge is 0.308 e. The van der Waals surface area contributed by atoms with E-state index in [-0.39, 0.29) is 0 Å². The van der Waals surface area contributed by atoms with Crippen LogP contribution in [0.25, 0.3) is 0 Å². The lowest BCUT2D eigenvalue weighted by atomic mass is 10.0. The monoisotopic (exact) mass is 274 g/mol. The summed E-state index contributed by atoms with van der Waals surface area (Å²) in [5.74, 6) is 0.752. The van der Waals surface area contributed by atoms with E-state index in [1.807, 2.05) is 0 Å². The van der Waals surface area contributed by atoms with Gasteiger partial charge in [0.1, 0.15) is 0 Å². The Bertz CT molecular complexity index is 437. The van der Waals surface area contributed by atoms with E-state index >= 15 is 0 Å². The third-order valence-electron chi connectivity index (χ3n) is 4.45. The number of nitrogens with one attached hydrogen (secondary N) is 1. The van der Waals surface area contributed by atoms with Gasteiger partial charge in [-0.1, -0.05) is 37.6 Å². The SMILES string of the molecule is Cc1ccc2c(c1)C(NCC(CC(C)C)N(C)C)CC2. The molecule has 0 saturated heterocycles. The molecule has 2 heteroatoms. The van der Waals surface area contributed by atoms with Crippen LogP contribution in [-0.2, 0) is 6.42 Å². The minimum Gasteiger partial charge on any atom is -0.308 e. The van der Waals surface area contributed by atoms with Crippen molar-refractivity contribution in [2.24, 2.45) is 5.92 Å². The fraction of sp³-hybridized carbons (Fsp3) is 0.667. The van der Waals surface area contributed by atoms with Gasteiger partial charge in [0, 0.05) is 18.6 Å². The number of fused-ring (bicyclic) bond motifs is 1. The van der Waals surface area contributed by atoms with Crippen LogP contribution < -0.4 is 5.32 Å². The summed E-state index contributed by atoms with van der Waals surface area (Å²) in [6, 6.07) is 8.10. The fourth-order valence-electron chi connectivity index (χ4n) is 3.23. The molecular formula is C18H30N2. The van der Waals surface area contributed by atoms with Crippen molar-refractivity contribution in [3.05, 3.63) is 34.9 Å². The van der Waals surface area contributed by atoms with Crippen molar-refractivity contribution < 1.29 is 0 Å². The topological polar surface area (TPSA) is 15.3 Å². The number of aryl methyl sites for hydroxylation is 2. The highest BCUT2D eigenvalue weighted by atomic mass is 15.1. The lowest BCUT2D eigenvalue weighted by molar-refractivity contribution is 0.240. The number of hydrogen-bond donors (Lipinski definition) is 1. The molecule has 2 rings (SSSR count). The molecule has 1 aromatic carbocycles. The Hall–Kier alpha value is -0.860. The molecule has 0 aliphatic heterocycles. The smallest absolute Gasteiger partial charge is 0.0326 e. The standard InChI is InChI=1S/C18H30N2/c1-13(2)10-16(20(4)5)12-19-18-9-8-15-7-6-14(3)11-17(15)18/h6-7,11,13,16,18-19H,8-10,12H2,1-5H3. The summed E-state index contributed by atoms with van der Waals surface area (Å²) in [5, 5.41) is 3.81. The molecule has 1 aliphatic rings. The summed E-state index contributed by atoms with van der Waals surface area (Å²) >= 11 is 0. The van der Waals surface area contributed by atoms with E-state index in [9.17, 15) is 0 Å². The summed E-state index contributed by atoms with van der Waals surface area (Å²) in [4.78, 5) is 2.36. The molecule has 20 heavy (non-hydrogen) atoms. The predicted molar refractivity (Wildman–Crippen MR) is 87.2 cm³/mol. The maximum atomic E-state index is 3.81. The molecule has 0 aromatic heterocycles. The number of hydrogen-bond acceptors (Lipinski definition) is 2. The van der Waals surface area contributed by atoms with E-state index < -0.39 is 0 Å². The van der Waals surface area contributed by atoms with E-state index in [0.29, 0.717) is 12.1 Å². The Morgan fingerprint density at radius 1 is 1.30 bits per heavy atom. The second-order valence-electron chi connectivity index (χ2n) is 6.95. The maximum Gasteiger partial charge on any atom is 0.0326 e. The minimum atomic E-state index is 0.555. The van der Waals surface area contributed by atoms with E-state index in [0.717, 1.165) is 12.5 Å². The molecular weight excluding hydrogens is 244 g/mol. The van der Waals surface area contributed by atoms with Gasteiger partial charge in [0.25, 0.3) is 0 Å². The summed E-state index contributed by atoms with van der Waals surface area (Å²) < 4.78 is 0. The van der Waals surface area contributed by atoms with Gasteiger partial charge in [-0.05, 0) is 57.3 Å². The first-order chi connectivity index (χ1) is 9.47. The minimum absolute atomic E-state index is 0.555. The summed E-state index contributed by atoms with van der Waals surface area (Å²) in [6.45, 7) is 7.90. The quantitative estimate of drug-likeness (QED) is 0.853. The van der Waals surface area contributed by atoms with Crippen LogP contribution in [0.3, 0.4) is 0 Å². The average molecular weight is 274 g/mol. The van der Waals surface area contributed by atoms with Gasteiger partial charge in [-0.15, -0.1) is 0 Å². The van der Waals surface area contributed by atoms with Crippen molar-refractivity contribution in [2.75, 3.05) is 20.6 Å². The van der Waals surface area contributed by atoms with Gasteiger partial charge in [-0.2, -0.15) is 0 Å². The maximum absolute atomic E-state index is 3.81. The molecule has 2 unspecified atom stereocenters. The summed E-state index contributed by atoms with van der Waals surface area (Å²) in [5.41, 5.74) is 4.45. The molecule has 112 valence electrons. The molecule has 1 N–H and O–H groups in total. The lowest BCUT2D eigenvalue weighted by Gasteiger charge is -2.28. The van der Waals surface area contributed by atoms with Gasteiger partial charge >= 0.3 is 0 Å². The van der Waals surface area contributed by atoms with Crippen molar-refractivity contribution in [1.82, 2.24) is 10.2 Å². The van der Waals surface area contributed by atoms with Crippen LogP contribution in [0.15, 0.2) is 18.2 Å². The van der Waals surface area contributed by atoms with Crippen LogP contribution in [0, 0.1) is 12.8 Å². The molecule has 0 spiro atoms. The van der Waals surface area contributed by atoms with Gasteiger partial charge in [0.2, 0.25) is 0 Å². The first-order valence-corrected chi connectivity index (χ1v) is 7.96. The van der Waals surface area contributed by atoms with Gasteiger partial charge in [-0.3, -0.25) is 0 Å². The zero-order valence-electron chi connectivity index (χ0n) is 13.7. The van der Waals surface area contributed by atoms with Gasteiger partial charge in [0.05, 0.1) is 0 Å². The Kier molecular flexibility index (Phi) is 5.22. The molecule has 1 aromatic rings. The first-order valence-electron chi connectivity index (χ1n) is 7.96. The molecule has 2 atom stereocenters. The Balaban J connectivity index is 1.97. The van der Waals surface area contributed by atoms with Gasteiger partial charge < -0.3 is 10.2 Å². The van der Waals surface area contributed by atoms with Crippen molar-refractivity contribution in [3.8, 4) is 0 Å². The highest BCUT2D eigenvalue weighted by Crippen LogP contribution is 2.31. The van der Waals surface area contributed by atoms with Crippen LogP contribution in [0.2, 0.25) is 0 Å². The number of likely N-dealkylation sites (N-methyl/N-ethyl adjacent to an activating group) is 1. The van der Waals surface area contributed by atoms with Crippen LogP contribution in [-0.4, -0.2) is 31.6 Å². The molecule has 0 amide bonds. The van der Waals surface area contributed by atoms with E-state index in [1.54, 1.807) is 5.56 Å². The Labute approximate surface area is 124 Å².